The summed E-state index contributed by atoms with van der Waals surface area (Å²) < 4.78 is 7.13. The molecule has 0 spiro atoms. The van der Waals surface area contributed by atoms with E-state index in [2.05, 4.69) is 0 Å². The Labute approximate surface area is 181 Å². The van der Waals surface area contributed by atoms with Crippen molar-refractivity contribution in [2.45, 2.75) is 16.7 Å². The van der Waals surface area contributed by atoms with Crippen LogP contribution < -0.4 is 11.2 Å². The molecule has 0 bridgehead atoms. The van der Waals surface area contributed by atoms with Gasteiger partial charge in [0.2, 0.25) is 0 Å². The molecular formula is C25H17NO4S. The van der Waals surface area contributed by atoms with E-state index in [1.807, 2.05) is 67.6 Å². The van der Waals surface area contributed by atoms with Crippen molar-refractivity contribution in [3.8, 4) is 11.4 Å². The average molecular weight is 427 g/mol. The highest BCUT2D eigenvalue weighted by Crippen LogP contribution is 2.37. The van der Waals surface area contributed by atoms with Gasteiger partial charge in [0.05, 0.1) is 5.52 Å². The van der Waals surface area contributed by atoms with Crippen LogP contribution in [0.2, 0.25) is 0 Å². The van der Waals surface area contributed by atoms with E-state index in [-0.39, 0.29) is 21.6 Å². The topological polar surface area (TPSA) is 72.4 Å². The monoisotopic (exact) mass is 427 g/mol. The predicted molar refractivity (Wildman–Crippen MR) is 123 cm³/mol. The normalized spacial score (nSPS) is 11.3. The molecule has 0 unspecified atom stereocenters. The Balaban J connectivity index is 1.86. The molecule has 152 valence electrons. The minimum absolute atomic E-state index is 0.0108. The van der Waals surface area contributed by atoms with Crippen molar-refractivity contribution in [2.24, 2.45) is 0 Å². The molecule has 1 N–H and O–H groups in total. The van der Waals surface area contributed by atoms with Crippen molar-refractivity contribution in [3.05, 3.63) is 105 Å². The van der Waals surface area contributed by atoms with E-state index in [4.69, 9.17) is 4.42 Å². The maximum absolute atomic E-state index is 13.6. The molecule has 0 saturated carbocycles. The molecule has 31 heavy (non-hydrogen) atoms. The number of nitrogens with zero attached hydrogens (tertiary/aromatic N) is 1. The van der Waals surface area contributed by atoms with E-state index in [0.29, 0.717) is 16.6 Å². The number of para-hydroxylation sites is 2. The van der Waals surface area contributed by atoms with Gasteiger partial charge in [-0.2, -0.15) is 0 Å². The van der Waals surface area contributed by atoms with Gasteiger partial charge in [0, 0.05) is 16.0 Å². The summed E-state index contributed by atoms with van der Waals surface area (Å²) in [4.78, 5) is 27.1. The lowest BCUT2D eigenvalue weighted by Crippen LogP contribution is -2.20. The van der Waals surface area contributed by atoms with Crippen molar-refractivity contribution in [2.75, 3.05) is 0 Å². The van der Waals surface area contributed by atoms with E-state index in [9.17, 15) is 14.7 Å². The molecule has 5 rings (SSSR count). The molecule has 0 saturated heterocycles. The van der Waals surface area contributed by atoms with E-state index in [1.54, 1.807) is 18.2 Å². The molecule has 3 aromatic carbocycles. The van der Waals surface area contributed by atoms with Crippen LogP contribution in [0, 0.1) is 6.92 Å². The Morgan fingerprint density at radius 2 is 1.55 bits per heavy atom. The molecule has 0 fully saturated rings. The van der Waals surface area contributed by atoms with Gasteiger partial charge < -0.3 is 9.52 Å². The fourth-order valence-corrected chi connectivity index (χ4v) is 4.46. The van der Waals surface area contributed by atoms with Gasteiger partial charge in [0.15, 0.2) is 11.3 Å². The summed E-state index contributed by atoms with van der Waals surface area (Å²) in [5.41, 5.74) is 1.28. The molecule has 0 radical (unpaired) electrons. The highest BCUT2D eigenvalue weighted by atomic mass is 32.2. The number of hydrogen-bond acceptors (Lipinski definition) is 5. The van der Waals surface area contributed by atoms with Crippen LogP contribution >= 0.6 is 11.8 Å². The quantitative estimate of drug-likeness (QED) is 0.398. The SMILES string of the molecule is Cc1ccc(Sc2c(O)c3c(=O)n(-c4ccccc4)c4ccccc4c3oc2=O)cc1. The number of aromatic hydroxyl groups is 1. The van der Waals surface area contributed by atoms with Crippen LogP contribution in [-0.4, -0.2) is 9.67 Å². The number of hydrogen-bond donors (Lipinski definition) is 1. The first kappa shape index (κ1) is 19.2. The van der Waals surface area contributed by atoms with E-state index < -0.39 is 11.2 Å². The molecule has 0 aliphatic rings. The van der Waals surface area contributed by atoms with Gasteiger partial charge in [-0.25, -0.2) is 4.79 Å². The second-order valence-corrected chi connectivity index (χ2v) is 8.26. The number of benzene rings is 3. The maximum atomic E-state index is 13.6. The maximum Gasteiger partial charge on any atom is 0.354 e. The van der Waals surface area contributed by atoms with Gasteiger partial charge in [-0.05, 0) is 43.3 Å². The third-order valence-electron chi connectivity index (χ3n) is 5.12. The molecule has 0 aliphatic carbocycles. The lowest BCUT2D eigenvalue weighted by molar-refractivity contribution is 0.447. The minimum atomic E-state index is -0.683. The lowest BCUT2D eigenvalue weighted by Gasteiger charge is -2.14. The molecule has 2 aromatic heterocycles. The predicted octanol–water partition coefficient (Wildman–Crippen LogP) is 5.26. The van der Waals surface area contributed by atoms with Crippen LogP contribution in [0.25, 0.3) is 27.6 Å². The molecule has 6 heteroatoms. The largest absolute Gasteiger partial charge is 0.505 e. The number of aromatic nitrogens is 1. The Bertz CT molecular complexity index is 1550. The Kier molecular flexibility index (Phi) is 4.64. The molecule has 0 amide bonds. The van der Waals surface area contributed by atoms with Gasteiger partial charge in [-0.15, -0.1) is 0 Å². The van der Waals surface area contributed by atoms with Crippen LogP contribution in [0.5, 0.6) is 5.75 Å². The smallest absolute Gasteiger partial charge is 0.354 e. The first-order chi connectivity index (χ1) is 15.0. The Hall–Kier alpha value is -3.77. The number of rotatable bonds is 3. The second kappa shape index (κ2) is 7.49. The zero-order valence-electron chi connectivity index (χ0n) is 16.5. The number of pyridine rings is 1. The summed E-state index contributed by atoms with van der Waals surface area (Å²) >= 11 is 1.08. The van der Waals surface area contributed by atoms with Crippen molar-refractivity contribution < 1.29 is 9.52 Å². The Morgan fingerprint density at radius 3 is 2.29 bits per heavy atom. The zero-order chi connectivity index (χ0) is 21.5. The molecule has 5 nitrogen and oxygen atoms in total. The molecular weight excluding hydrogens is 410 g/mol. The van der Waals surface area contributed by atoms with Gasteiger partial charge in [-0.1, -0.05) is 59.8 Å². The summed E-state index contributed by atoms with van der Waals surface area (Å²) in [7, 11) is 0. The summed E-state index contributed by atoms with van der Waals surface area (Å²) in [6.07, 6.45) is 0. The average Bonchev–Trinajstić information content (AvgIpc) is 2.78. The lowest BCUT2D eigenvalue weighted by atomic mass is 10.1. The molecule has 0 aliphatic heterocycles. The summed E-state index contributed by atoms with van der Waals surface area (Å²) in [6.45, 7) is 1.97. The number of fused-ring (bicyclic) bond motifs is 3. The fourth-order valence-electron chi connectivity index (χ4n) is 3.63. The van der Waals surface area contributed by atoms with E-state index >= 15 is 0 Å². The molecule has 5 aromatic rings. The Morgan fingerprint density at radius 1 is 0.871 bits per heavy atom. The second-order valence-electron chi connectivity index (χ2n) is 7.18. The first-order valence-corrected chi connectivity index (χ1v) is 10.5. The van der Waals surface area contributed by atoms with Crippen LogP contribution in [0.4, 0.5) is 0 Å². The van der Waals surface area contributed by atoms with Gasteiger partial charge in [0.25, 0.3) is 5.56 Å². The van der Waals surface area contributed by atoms with Gasteiger partial charge in [-0.3, -0.25) is 9.36 Å². The highest BCUT2D eigenvalue weighted by Gasteiger charge is 2.22. The third kappa shape index (κ3) is 3.21. The third-order valence-corrected chi connectivity index (χ3v) is 6.19. The van der Waals surface area contributed by atoms with Crippen LogP contribution in [0.1, 0.15) is 5.56 Å². The van der Waals surface area contributed by atoms with E-state index in [0.717, 1.165) is 22.2 Å². The van der Waals surface area contributed by atoms with Crippen molar-refractivity contribution >= 4 is 33.6 Å². The molecule has 2 heterocycles. The van der Waals surface area contributed by atoms with Gasteiger partial charge in [0.1, 0.15) is 10.3 Å². The number of aryl methyl sites for hydroxylation is 1. The highest BCUT2D eigenvalue weighted by molar-refractivity contribution is 7.99. The van der Waals surface area contributed by atoms with Crippen molar-refractivity contribution in [1.29, 1.82) is 0 Å². The summed E-state index contributed by atoms with van der Waals surface area (Å²) in [5.74, 6) is -0.364. The van der Waals surface area contributed by atoms with Gasteiger partial charge >= 0.3 is 5.63 Å². The standard InChI is InChI=1S/C25H17NO4S/c1-15-11-13-17(14-12-15)31-23-21(27)20-22(30-25(23)29)18-9-5-6-10-19(18)26(24(20)28)16-7-3-2-4-8-16/h2-14,27H,1H3. The van der Waals surface area contributed by atoms with Crippen molar-refractivity contribution in [1.82, 2.24) is 4.57 Å². The van der Waals surface area contributed by atoms with Crippen LogP contribution in [-0.2, 0) is 0 Å². The minimum Gasteiger partial charge on any atom is -0.505 e. The first-order valence-electron chi connectivity index (χ1n) is 9.68. The molecule has 0 atom stereocenters. The van der Waals surface area contributed by atoms with Crippen LogP contribution in [0.15, 0.2) is 103 Å². The zero-order valence-corrected chi connectivity index (χ0v) is 17.3. The fraction of sp³-hybridized carbons (Fsp3) is 0.0400. The summed E-state index contributed by atoms with van der Waals surface area (Å²) in [5, 5.41) is 11.6. The van der Waals surface area contributed by atoms with E-state index in [1.165, 1.54) is 4.57 Å². The summed E-state index contributed by atoms with van der Waals surface area (Å²) in [6, 6.07) is 23.9. The van der Waals surface area contributed by atoms with Crippen LogP contribution in [0.3, 0.4) is 0 Å². The van der Waals surface area contributed by atoms with Crippen molar-refractivity contribution in [3.63, 3.8) is 0 Å².